The highest BCUT2D eigenvalue weighted by atomic mass is 15.0. The normalized spacial score (nSPS) is 12.2. The Labute approximate surface area is 293 Å². The van der Waals surface area contributed by atoms with Crippen molar-refractivity contribution < 1.29 is 0 Å². The third kappa shape index (κ3) is 4.88. The van der Waals surface area contributed by atoms with Crippen LogP contribution in [0, 0.1) is 17.9 Å². The lowest BCUT2D eigenvalue weighted by molar-refractivity contribution is 0.590. The summed E-state index contributed by atoms with van der Waals surface area (Å²) in [6.45, 7) is 21.6. The molecule has 8 rings (SSSR count). The minimum Gasteiger partial charge on any atom is -0.319 e. The molecule has 0 fully saturated rings. The van der Waals surface area contributed by atoms with E-state index < -0.39 is 0 Å². The molecule has 50 heavy (non-hydrogen) atoms. The number of nitrogens with zero attached hydrogens (tertiary/aromatic N) is 4. The van der Waals surface area contributed by atoms with Crippen molar-refractivity contribution in [2.45, 2.75) is 52.4 Å². The van der Waals surface area contributed by atoms with E-state index in [1.165, 1.54) is 11.1 Å². The first-order chi connectivity index (χ1) is 24.0. The Kier molecular flexibility index (Phi) is 7.00. The third-order valence-corrected chi connectivity index (χ3v) is 10.1. The first kappa shape index (κ1) is 31.2. The van der Waals surface area contributed by atoms with Crippen LogP contribution in [0.3, 0.4) is 0 Å². The predicted molar refractivity (Wildman–Crippen MR) is 209 cm³/mol. The smallest absolute Gasteiger partial charge is 0.210 e. The van der Waals surface area contributed by atoms with E-state index in [-0.39, 0.29) is 10.8 Å². The molecule has 2 aromatic heterocycles. The molecule has 0 saturated heterocycles. The Bertz CT molecular complexity index is 2550. The molecule has 0 spiro atoms. The topological polar surface area (TPSA) is 38.0 Å². The minimum absolute atomic E-state index is 0.0285. The third-order valence-electron chi connectivity index (χ3n) is 10.1. The van der Waals surface area contributed by atoms with E-state index in [9.17, 15) is 5.26 Å². The highest BCUT2D eigenvalue weighted by Crippen LogP contribution is 2.41. The fourth-order valence-corrected chi connectivity index (χ4v) is 7.36. The number of nitriles is 1. The SMILES string of the molecule is [C-]#[N+]c1ccc(-c2ccc(C#N)c(-n3c4ccccc4c4ccc(C(C)(C)C)cc43)c2)cc1-n1c2ccccc2c2ccc(C(C)(C)C)cc21. The van der Waals surface area contributed by atoms with E-state index in [1.54, 1.807) is 0 Å². The van der Waals surface area contributed by atoms with Crippen LogP contribution in [-0.2, 0) is 10.8 Å². The summed E-state index contributed by atoms with van der Waals surface area (Å²) in [5.74, 6) is 0. The molecule has 0 amide bonds. The van der Waals surface area contributed by atoms with Crippen LogP contribution in [0.4, 0.5) is 5.69 Å². The van der Waals surface area contributed by atoms with E-state index in [1.807, 2.05) is 24.3 Å². The Morgan fingerprint density at radius 1 is 0.520 bits per heavy atom. The lowest BCUT2D eigenvalue weighted by Crippen LogP contribution is -2.11. The summed E-state index contributed by atoms with van der Waals surface area (Å²) in [5, 5.41) is 15.1. The minimum atomic E-state index is -0.0309. The predicted octanol–water partition coefficient (Wildman–Crippen LogP) is 12.6. The average Bonchev–Trinajstić information content (AvgIpc) is 3.62. The van der Waals surface area contributed by atoms with Gasteiger partial charge in [-0.3, -0.25) is 0 Å². The van der Waals surface area contributed by atoms with Crippen LogP contribution in [-0.4, -0.2) is 9.13 Å². The van der Waals surface area contributed by atoms with Crippen molar-refractivity contribution in [3.05, 3.63) is 149 Å². The Balaban J connectivity index is 1.39. The van der Waals surface area contributed by atoms with Crippen LogP contribution in [0.1, 0.15) is 58.2 Å². The average molecular weight is 647 g/mol. The molecule has 0 saturated carbocycles. The van der Waals surface area contributed by atoms with Gasteiger partial charge in [0.05, 0.1) is 45.6 Å². The van der Waals surface area contributed by atoms with Gasteiger partial charge in [0.25, 0.3) is 0 Å². The lowest BCUT2D eigenvalue weighted by atomic mass is 9.86. The number of hydrogen-bond acceptors (Lipinski definition) is 1. The second-order valence-electron chi connectivity index (χ2n) is 15.3. The molecule has 0 unspecified atom stereocenters. The standard InChI is InChI=1S/C46H38N4/c1-45(2,3)32-19-21-36-34-12-8-10-14-39(34)49(42(36)26-32)41-24-29(16-17-31(41)28-47)30-18-23-38(48-7)44(25-30)50-40-15-11-9-13-35(40)37-22-20-33(27-43(37)50)46(4,5)6/h8-27H,1-6H3. The zero-order valence-corrected chi connectivity index (χ0v) is 29.3. The first-order valence-corrected chi connectivity index (χ1v) is 17.1. The van der Waals surface area contributed by atoms with Crippen molar-refractivity contribution in [3.63, 3.8) is 0 Å². The molecular weight excluding hydrogens is 609 g/mol. The van der Waals surface area contributed by atoms with Gasteiger partial charge in [-0.2, -0.15) is 5.26 Å². The summed E-state index contributed by atoms with van der Waals surface area (Å²) in [5.41, 5.74) is 11.5. The van der Waals surface area contributed by atoms with Gasteiger partial charge in [-0.15, -0.1) is 0 Å². The quantitative estimate of drug-likeness (QED) is 0.176. The van der Waals surface area contributed by atoms with Gasteiger partial charge in [-0.1, -0.05) is 120 Å². The van der Waals surface area contributed by atoms with Crippen molar-refractivity contribution in [1.29, 1.82) is 5.26 Å². The summed E-state index contributed by atoms with van der Waals surface area (Å²) in [6.07, 6.45) is 0. The molecular formula is C46H38N4. The largest absolute Gasteiger partial charge is 0.319 e. The van der Waals surface area contributed by atoms with Gasteiger partial charge in [0, 0.05) is 21.5 Å². The van der Waals surface area contributed by atoms with Crippen molar-refractivity contribution in [2.75, 3.05) is 0 Å². The number of rotatable bonds is 3. The van der Waals surface area contributed by atoms with Crippen molar-refractivity contribution in [1.82, 2.24) is 9.13 Å². The van der Waals surface area contributed by atoms with Crippen molar-refractivity contribution >= 4 is 49.3 Å². The summed E-state index contributed by atoms with van der Waals surface area (Å²) in [4.78, 5) is 4.01. The van der Waals surface area contributed by atoms with Gasteiger partial charge in [-0.05, 0) is 75.5 Å². The molecule has 242 valence electrons. The van der Waals surface area contributed by atoms with Gasteiger partial charge in [0.15, 0.2) is 0 Å². The van der Waals surface area contributed by atoms with Crippen LogP contribution in [0.2, 0.25) is 0 Å². The fourth-order valence-electron chi connectivity index (χ4n) is 7.36. The van der Waals surface area contributed by atoms with Gasteiger partial charge in [0.2, 0.25) is 5.69 Å². The molecule has 0 aliphatic rings. The van der Waals surface area contributed by atoms with Crippen LogP contribution in [0.5, 0.6) is 0 Å². The Hall–Kier alpha value is -6.10. The highest BCUT2D eigenvalue weighted by Gasteiger charge is 2.22. The van der Waals surface area contributed by atoms with Crippen LogP contribution >= 0.6 is 0 Å². The van der Waals surface area contributed by atoms with Gasteiger partial charge in [0.1, 0.15) is 6.07 Å². The number of para-hydroxylation sites is 2. The number of hydrogen-bond donors (Lipinski definition) is 0. The van der Waals surface area contributed by atoms with Gasteiger partial charge < -0.3 is 9.13 Å². The van der Waals surface area contributed by atoms with Gasteiger partial charge in [-0.25, -0.2) is 4.85 Å². The molecule has 0 bridgehead atoms. The van der Waals surface area contributed by atoms with E-state index in [0.29, 0.717) is 11.3 Å². The molecule has 0 atom stereocenters. The van der Waals surface area contributed by atoms with Crippen LogP contribution in [0.15, 0.2) is 121 Å². The molecule has 2 heterocycles. The summed E-state index contributed by atoms with van der Waals surface area (Å²) >= 11 is 0. The van der Waals surface area contributed by atoms with Crippen molar-refractivity contribution in [3.8, 4) is 28.6 Å². The maximum atomic E-state index is 10.4. The maximum Gasteiger partial charge on any atom is 0.210 e. The molecule has 0 radical (unpaired) electrons. The number of aromatic nitrogens is 2. The molecule has 6 aromatic carbocycles. The summed E-state index contributed by atoms with van der Waals surface area (Å²) in [6, 6.07) is 45.0. The zero-order valence-electron chi connectivity index (χ0n) is 29.3. The molecule has 0 aliphatic carbocycles. The van der Waals surface area contributed by atoms with Crippen LogP contribution in [0.25, 0.3) is 71.0 Å². The van der Waals surface area contributed by atoms with Gasteiger partial charge >= 0.3 is 0 Å². The fraction of sp³-hybridized carbons (Fsp3) is 0.174. The van der Waals surface area contributed by atoms with E-state index in [2.05, 4.69) is 159 Å². The summed E-state index contributed by atoms with van der Waals surface area (Å²) in [7, 11) is 0. The molecule has 4 nitrogen and oxygen atoms in total. The highest BCUT2D eigenvalue weighted by molar-refractivity contribution is 6.11. The Morgan fingerprint density at radius 2 is 0.980 bits per heavy atom. The van der Waals surface area contributed by atoms with E-state index >= 15 is 0 Å². The lowest BCUT2D eigenvalue weighted by Gasteiger charge is -2.20. The maximum absolute atomic E-state index is 10.4. The Morgan fingerprint density at radius 3 is 1.48 bits per heavy atom. The molecule has 8 aromatic rings. The molecule has 0 aliphatic heterocycles. The first-order valence-electron chi connectivity index (χ1n) is 17.1. The molecule has 4 heteroatoms. The summed E-state index contributed by atoms with van der Waals surface area (Å²) < 4.78 is 4.50. The van der Waals surface area contributed by atoms with Crippen LogP contribution < -0.4 is 0 Å². The van der Waals surface area contributed by atoms with E-state index in [4.69, 9.17) is 6.57 Å². The van der Waals surface area contributed by atoms with E-state index in [0.717, 1.165) is 66.1 Å². The number of benzene rings is 6. The second-order valence-corrected chi connectivity index (χ2v) is 15.3. The zero-order chi connectivity index (χ0) is 34.9. The monoisotopic (exact) mass is 646 g/mol. The second kappa shape index (κ2) is 11.2. The molecule has 0 N–H and O–H groups in total. The number of fused-ring (bicyclic) bond motifs is 6. The van der Waals surface area contributed by atoms with Crippen molar-refractivity contribution in [2.24, 2.45) is 0 Å².